The van der Waals surface area contributed by atoms with Crippen molar-refractivity contribution in [1.82, 2.24) is 20.1 Å². The van der Waals surface area contributed by atoms with Gasteiger partial charge in [0.15, 0.2) is 5.82 Å². The SMILES string of the molecule is Cc1cc(NC(=O)c2cc(N3CCN(c4ncccn4)CC3)ccn2)no1. The number of nitrogens with zero attached hydrogens (tertiary/aromatic N) is 6. The molecule has 9 heteroatoms. The van der Waals surface area contributed by atoms with Crippen LogP contribution in [0.4, 0.5) is 17.5 Å². The third-order valence-electron chi connectivity index (χ3n) is 4.33. The van der Waals surface area contributed by atoms with E-state index in [0.717, 1.165) is 37.8 Å². The fourth-order valence-corrected chi connectivity index (χ4v) is 2.97. The van der Waals surface area contributed by atoms with E-state index in [0.29, 0.717) is 17.3 Å². The van der Waals surface area contributed by atoms with Gasteiger partial charge in [-0.25, -0.2) is 9.97 Å². The molecular weight excluding hydrogens is 346 g/mol. The summed E-state index contributed by atoms with van der Waals surface area (Å²) < 4.78 is 4.96. The minimum Gasteiger partial charge on any atom is -0.368 e. The molecule has 1 amide bonds. The predicted octanol–water partition coefficient (Wildman–Crippen LogP) is 1.75. The Morgan fingerprint density at radius 2 is 1.78 bits per heavy atom. The summed E-state index contributed by atoms with van der Waals surface area (Å²) in [5, 5.41) is 6.46. The molecule has 1 fully saturated rings. The van der Waals surface area contributed by atoms with Gasteiger partial charge in [-0.1, -0.05) is 5.16 Å². The summed E-state index contributed by atoms with van der Waals surface area (Å²) >= 11 is 0. The van der Waals surface area contributed by atoms with Gasteiger partial charge in [-0.15, -0.1) is 0 Å². The quantitative estimate of drug-likeness (QED) is 0.746. The third-order valence-corrected chi connectivity index (χ3v) is 4.33. The molecule has 0 radical (unpaired) electrons. The Hall–Kier alpha value is -3.49. The highest BCUT2D eigenvalue weighted by atomic mass is 16.5. The summed E-state index contributed by atoms with van der Waals surface area (Å²) in [6, 6.07) is 7.17. The first kappa shape index (κ1) is 17.0. The van der Waals surface area contributed by atoms with E-state index in [2.05, 4.69) is 35.2 Å². The van der Waals surface area contributed by atoms with Gasteiger partial charge in [0.1, 0.15) is 11.5 Å². The van der Waals surface area contributed by atoms with Gasteiger partial charge < -0.3 is 19.6 Å². The van der Waals surface area contributed by atoms with Crippen LogP contribution in [0.1, 0.15) is 16.2 Å². The first-order chi connectivity index (χ1) is 13.2. The van der Waals surface area contributed by atoms with Crippen LogP contribution in [0.5, 0.6) is 0 Å². The van der Waals surface area contributed by atoms with E-state index in [1.54, 1.807) is 37.6 Å². The zero-order valence-corrected chi connectivity index (χ0v) is 14.9. The Morgan fingerprint density at radius 1 is 1.04 bits per heavy atom. The zero-order chi connectivity index (χ0) is 18.6. The van der Waals surface area contributed by atoms with Crippen molar-refractivity contribution in [3.05, 3.63) is 54.3 Å². The maximum Gasteiger partial charge on any atom is 0.275 e. The minimum atomic E-state index is -0.318. The molecule has 3 aromatic rings. The van der Waals surface area contributed by atoms with Gasteiger partial charge in [0, 0.05) is 56.5 Å². The Morgan fingerprint density at radius 3 is 2.48 bits per heavy atom. The Labute approximate surface area is 156 Å². The number of aryl methyl sites for hydroxylation is 1. The average molecular weight is 365 g/mol. The van der Waals surface area contributed by atoms with Gasteiger partial charge in [0.2, 0.25) is 5.95 Å². The monoisotopic (exact) mass is 365 g/mol. The molecule has 1 saturated heterocycles. The molecule has 0 saturated carbocycles. The van der Waals surface area contributed by atoms with Gasteiger partial charge in [-0.3, -0.25) is 9.78 Å². The Kier molecular flexibility index (Phi) is 4.65. The number of nitrogens with one attached hydrogen (secondary N) is 1. The Bertz CT molecular complexity index is 920. The molecule has 1 aliphatic rings. The molecule has 4 heterocycles. The van der Waals surface area contributed by atoms with E-state index in [1.807, 2.05) is 12.1 Å². The lowest BCUT2D eigenvalue weighted by molar-refractivity contribution is 0.102. The second kappa shape index (κ2) is 7.40. The highest BCUT2D eigenvalue weighted by Gasteiger charge is 2.20. The lowest BCUT2D eigenvalue weighted by Crippen LogP contribution is -2.47. The standard InChI is InChI=1S/C18H19N7O2/c1-13-11-16(23-27-13)22-17(26)15-12-14(3-6-19-15)24-7-9-25(10-8-24)18-20-4-2-5-21-18/h2-6,11-12H,7-10H2,1H3,(H,22,23,26). The number of carbonyl (C=O) groups is 1. The first-order valence-corrected chi connectivity index (χ1v) is 8.67. The first-order valence-electron chi connectivity index (χ1n) is 8.67. The molecule has 1 aliphatic heterocycles. The molecule has 3 aromatic heterocycles. The van der Waals surface area contributed by atoms with Crippen molar-refractivity contribution in [1.29, 1.82) is 0 Å². The molecule has 1 N–H and O–H groups in total. The fraction of sp³-hybridized carbons (Fsp3) is 0.278. The number of carbonyl (C=O) groups excluding carboxylic acids is 1. The lowest BCUT2D eigenvalue weighted by atomic mass is 10.2. The molecule has 4 rings (SSSR count). The fourth-order valence-electron chi connectivity index (χ4n) is 2.97. The maximum absolute atomic E-state index is 12.4. The molecule has 138 valence electrons. The summed E-state index contributed by atoms with van der Waals surface area (Å²) in [4.78, 5) is 29.5. The highest BCUT2D eigenvalue weighted by molar-refractivity contribution is 6.02. The summed E-state index contributed by atoms with van der Waals surface area (Å²) in [5.41, 5.74) is 1.29. The summed E-state index contributed by atoms with van der Waals surface area (Å²) in [5.74, 6) is 1.43. The molecule has 0 spiro atoms. The number of pyridine rings is 1. The van der Waals surface area contributed by atoms with Crippen molar-refractivity contribution in [3.63, 3.8) is 0 Å². The van der Waals surface area contributed by atoms with Crippen LogP contribution < -0.4 is 15.1 Å². The molecular formula is C18H19N7O2. The van der Waals surface area contributed by atoms with Crippen molar-refractivity contribution in [2.45, 2.75) is 6.92 Å². The number of hydrogen-bond acceptors (Lipinski definition) is 8. The van der Waals surface area contributed by atoms with E-state index < -0.39 is 0 Å². The highest BCUT2D eigenvalue weighted by Crippen LogP contribution is 2.19. The zero-order valence-electron chi connectivity index (χ0n) is 14.9. The van der Waals surface area contributed by atoms with E-state index >= 15 is 0 Å². The summed E-state index contributed by atoms with van der Waals surface area (Å²) in [7, 11) is 0. The van der Waals surface area contributed by atoms with Crippen LogP contribution in [0.3, 0.4) is 0 Å². The van der Waals surface area contributed by atoms with E-state index in [-0.39, 0.29) is 5.91 Å². The third kappa shape index (κ3) is 3.86. The largest absolute Gasteiger partial charge is 0.368 e. The molecule has 0 aliphatic carbocycles. The van der Waals surface area contributed by atoms with Crippen molar-refractivity contribution < 1.29 is 9.32 Å². The number of piperazine rings is 1. The van der Waals surface area contributed by atoms with Crippen molar-refractivity contribution >= 4 is 23.4 Å². The van der Waals surface area contributed by atoms with E-state index in [4.69, 9.17) is 4.52 Å². The lowest BCUT2D eigenvalue weighted by Gasteiger charge is -2.36. The van der Waals surface area contributed by atoms with Crippen LogP contribution in [0.25, 0.3) is 0 Å². The molecule has 0 atom stereocenters. The van der Waals surface area contributed by atoms with Crippen LogP contribution in [-0.2, 0) is 0 Å². The van der Waals surface area contributed by atoms with Gasteiger partial charge in [0.05, 0.1) is 0 Å². The van der Waals surface area contributed by atoms with Crippen LogP contribution >= 0.6 is 0 Å². The van der Waals surface area contributed by atoms with Gasteiger partial charge >= 0.3 is 0 Å². The smallest absolute Gasteiger partial charge is 0.275 e. The second-order valence-corrected chi connectivity index (χ2v) is 6.20. The van der Waals surface area contributed by atoms with Gasteiger partial charge in [-0.2, -0.15) is 0 Å². The van der Waals surface area contributed by atoms with Crippen molar-refractivity contribution in [2.24, 2.45) is 0 Å². The molecule has 0 bridgehead atoms. The number of aromatic nitrogens is 4. The number of amides is 1. The normalized spacial score (nSPS) is 14.3. The minimum absolute atomic E-state index is 0.318. The predicted molar refractivity (Wildman–Crippen MR) is 99.9 cm³/mol. The van der Waals surface area contributed by atoms with Crippen LogP contribution in [0, 0.1) is 6.92 Å². The summed E-state index contributed by atoms with van der Waals surface area (Å²) in [6.45, 7) is 5.01. The van der Waals surface area contributed by atoms with Crippen molar-refractivity contribution in [3.8, 4) is 0 Å². The second-order valence-electron chi connectivity index (χ2n) is 6.20. The van der Waals surface area contributed by atoms with E-state index in [9.17, 15) is 4.79 Å². The van der Waals surface area contributed by atoms with Gasteiger partial charge in [0.25, 0.3) is 5.91 Å². The van der Waals surface area contributed by atoms with E-state index in [1.165, 1.54) is 0 Å². The number of hydrogen-bond donors (Lipinski definition) is 1. The number of anilines is 3. The Balaban J connectivity index is 1.41. The molecule has 0 unspecified atom stereocenters. The van der Waals surface area contributed by atoms with Crippen LogP contribution in [-0.4, -0.2) is 52.2 Å². The topological polar surface area (TPSA) is 100 Å². The average Bonchev–Trinajstić information content (AvgIpc) is 3.13. The van der Waals surface area contributed by atoms with Crippen LogP contribution in [0.15, 0.2) is 47.4 Å². The number of rotatable bonds is 4. The van der Waals surface area contributed by atoms with Crippen LogP contribution in [0.2, 0.25) is 0 Å². The van der Waals surface area contributed by atoms with Gasteiger partial charge in [-0.05, 0) is 25.1 Å². The molecule has 27 heavy (non-hydrogen) atoms. The molecule has 9 nitrogen and oxygen atoms in total. The van der Waals surface area contributed by atoms with Crippen molar-refractivity contribution in [2.75, 3.05) is 41.3 Å². The summed E-state index contributed by atoms with van der Waals surface area (Å²) in [6.07, 6.45) is 5.14. The molecule has 0 aromatic carbocycles. The maximum atomic E-state index is 12.4.